The zero-order valence-electron chi connectivity index (χ0n) is 11.2. The molecule has 0 heterocycles. The Hall–Kier alpha value is -2.42. The van der Waals surface area contributed by atoms with Crippen molar-refractivity contribution in [3.8, 4) is 6.07 Å². The summed E-state index contributed by atoms with van der Waals surface area (Å²) in [5.74, 6) is 0. The van der Waals surface area contributed by atoms with Crippen LogP contribution in [0.3, 0.4) is 0 Å². The monoisotopic (exact) mass is 261 g/mol. The Morgan fingerprint density at radius 3 is 2.79 bits per heavy atom. The number of urea groups is 1. The average Bonchev–Trinajstić information content (AvgIpc) is 2.38. The quantitative estimate of drug-likeness (QED) is 0.545. The molecule has 6 nitrogen and oxygen atoms in total. The number of anilines is 2. The third-order valence-electron chi connectivity index (χ3n) is 2.55. The van der Waals surface area contributed by atoms with E-state index in [4.69, 9.17) is 11.0 Å². The molecule has 0 aliphatic rings. The topological polar surface area (TPSA) is 94.2 Å². The van der Waals surface area contributed by atoms with E-state index in [0.29, 0.717) is 25.2 Å². The molecule has 0 unspecified atom stereocenters. The highest BCUT2D eigenvalue weighted by atomic mass is 16.2. The lowest BCUT2D eigenvalue weighted by Gasteiger charge is -2.13. The van der Waals surface area contributed by atoms with Gasteiger partial charge in [0.15, 0.2) is 0 Å². The summed E-state index contributed by atoms with van der Waals surface area (Å²) < 4.78 is 0. The summed E-state index contributed by atoms with van der Waals surface area (Å²) in [4.78, 5) is 12.8. The molecular formula is C13H19N5O. The van der Waals surface area contributed by atoms with E-state index in [9.17, 15) is 4.79 Å². The van der Waals surface area contributed by atoms with Crippen molar-refractivity contribution in [2.75, 3.05) is 38.2 Å². The number of nitrogen functional groups attached to an aromatic ring is 1. The maximum Gasteiger partial charge on any atom is 0.316 e. The third-order valence-corrected chi connectivity index (χ3v) is 2.55. The molecule has 102 valence electrons. The molecule has 0 aliphatic heterocycles. The Balaban J connectivity index is 2.44. The van der Waals surface area contributed by atoms with Gasteiger partial charge < -0.3 is 21.3 Å². The van der Waals surface area contributed by atoms with Crippen LogP contribution in [0.15, 0.2) is 18.2 Å². The van der Waals surface area contributed by atoms with E-state index in [2.05, 4.69) is 16.7 Å². The number of nitrogens with zero attached hydrogens (tertiary/aromatic N) is 2. The molecule has 6 heteroatoms. The van der Waals surface area contributed by atoms with Crippen LogP contribution in [0.4, 0.5) is 16.2 Å². The summed E-state index contributed by atoms with van der Waals surface area (Å²) in [6.07, 6.45) is 0.290. The fourth-order valence-corrected chi connectivity index (χ4v) is 1.49. The van der Waals surface area contributed by atoms with E-state index >= 15 is 0 Å². The van der Waals surface area contributed by atoms with Gasteiger partial charge in [0.25, 0.3) is 0 Å². The van der Waals surface area contributed by atoms with Crippen molar-refractivity contribution >= 4 is 17.4 Å². The van der Waals surface area contributed by atoms with Gasteiger partial charge in [-0.3, -0.25) is 0 Å². The predicted molar refractivity (Wildman–Crippen MR) is 75.7 cm³/mol. The smallest absolute Gasteiger partial charge is 0.316 e. The Bertz CT molecular complexity index is 478. The maximum atomic E-state index is 11.3. The van der Waals surface area contributed by atoms with Crippen molar-refractivity contribution in [3.63, 3.8) is 0 Å². The molecule has 0 saturated heterocycles. The highest BCUT2D eigenvalue weighted by molar-refractivity contribution is 5.73. The van der Waals surface area contributed by atoms with Gasteiger partial charge in [0.2, 0.25) is 0 Å². The first-order valence-electron chi connectivity index (χ1n) is 5.99. The van der Waals surface area contributed by atoms with Crippen molar-refractivity contribution in [1.29, 1.82) is 5.26 Å². The van der Waals surface area contributed by atoms with Gasteiger partial charge in [-0.2, -0.15) is 5.26 Å². The standard InChI is InChI=1S/C13H19N5O/c1-18(2)13(19)17-8-7-16-11-3-4-12(15)10(9-11)5-6-14/h3-4,9,16H,5,7-8,15H2,1-2H3,(H,17,19). The fourth-order valence-electron chi connectivity index (χ4n) is 1.49. The lowest BCUT2D eigenvalue weighted by Crippen LogP contribution is -2.37. The second-order valence-electron chi connectivity index (χ2n) is 4.30. The van der Waals surface area contributed by atoms with E-state index in [1.54, 1.807) is 20.2 Å². The van der Waals surface area contributed by atoms with Gasteiger partial charge in [0.1, 0.15) is 0 Å². The number of nitrogens with one attached hydrogen (secondary N) is 2. The molecule has 0 aliphatic carbocycles. The number of benzene rings is 1. The Labute approximate surface area is 113 Å². The summed E-state index contributed by atoms with van der Waals surface area (Å²) in [5.41, 5.74) is 8.08. The summed E-state index contributed by atoms with van der Waals surface area (Å²) >= 11 is 0. The van der Waals surface area contributed by atoms with Crippen LogP contribution in [0.1, 0.15) is 5.56 Å². The van der Waals surface area contributed by atoms with E-state index in [1.807, 2.05) is 12.1 Å². The number of rotatable bonds is 5. The van der Waals surface area contributed by atoms with Gasteiger partial charge in [0, 0.05) is 38.6 Å². The summed E-state index contributed by atoms with van der Waals surface area (Å²) in [5, 5.41) is 14.6. The Morgan fingerprint density at radius 1 is 1.42 bits per heavy atom. The van der Waals surface area contributed by atoms with Gasteiger partial charge in [0.05, 0.1) is 12.5 Å². The van der Waals surface area contributed by atoms with E-state index < -0.39 is 0 Å². The lowest BCUT2D eigenvalue weighted by molar-refractivity contribution is 0.218. The molecule has 0 saturated carbocycles. The lowest BCUT2D eigenvalue weighted by atomic mass is 10.1. The van der Waals surface area contributed by atoms with Crippen molar-refractivity contribution in [1.82, 2.24) is 10.2 Å². The molecule has 0 radical (unpaired) electrons. The number of carbonyl (C=O) groups is 1. The number of nitriles is 1. The van der Waals surface area contributed by atoms with Crippen molar-refractivity contribution in [2.45, 2.75) is 6.42 Å². The molecule has 0 fully saturated rings. The summed E-state index contributed by atoms with van der Waals surface area (Å²) in [6.45, 7) is 1.13. The Kier molecular flexibility index (Phi) is 5.48. The number of amides is 2. The maximum absolute atomic E-state index is 11.3. The first-order valence-corrected chi connectivity index (χ1v) is 5.99. The van der Waals surface area contributed by atoms with Crippen LogP contribution in [0, 0.1) is 11.3 Å². The predicted octanol–water partition coefficient (Wildman–Crippen LogP) is 1.02. The van der Waals surface area contributed by atoms with Crippen molar-refractivity contribution < 1.29 is 4.79 Å². The number of carbonyl (C=O) groups excluding carboxylic acids is 1. The number of hydrogen-bond donors (Lipinski definition) is 3. The van der Waals surface area contributed by atoms with Crippen molar-refractivity contribution in [2.24, 2.45) is 0 Å². The Morgan fingerprint density at radius 2 is 2.16 bits per heavy atom. The van der Waals surface area contributed by atoms with E-state index in [0.717, 1.165) is 11.3 Å². The minimum absolute atomic E-state index is 0.121. The molecular weight excluding hydrogens is 242 g/mol. The molecule has 1 aromatic carbocycles. The largest absolute Gasteiger partial charge is 0.398 e. The molecule has 4 N–H and O–H groups in total. The van der Waals surface area contributed by atoms with Crippen LogP contribution in [0.25, 0.3) is 0 Å². The van der Waals surface area contributed by atoms with E-state index in [1.165, 1.54) is 4.90 Å². The van der Waals surface area contributed by atoms with E-state index in [-0.39, 0.29) is 6.03 Å². The average molecular weight is 261 g/mol. The normalized spacial score (nSPS) is 9.53. The fraction of sp³-hybridized carbons (Fsp3) is 0.385. The summed E-state index contributed by atoms with van der Waals surface area (Å²) in [7, 11) is 3.38. The first-order chi connectivity index (χ1) is 9.04. The number of hydrogen-bond acceptors (Lipinski definition) is 4. The van der Waals surface area contributed by atoms with Gasteiger partial charge >= 0.3 is 6.03 Å². The zero-order valence-corrected chi connectivity index (χ0v) is 11.2. The molecule has 0 aromatic heterocycles. The highest BCUT2D eigenvalue weighted by Gasteiger charge is 2.02. The first kappa shape index (κ1) is 14.6. The van der Waals surface area contributed by atoms with Gasteiger partial charge in [-0.25, -0.2) is 4.79 Å². The summed E-state index contributed by atoms with van der Waals surface area (Å²) in [6, 6.07) is 7.43. The molecule has 0 atom stereocenters. The van der Waals surface area contributed by atoms with Gasteiger partial charge in [-0.05, 0) is 23.8 Å². The molecule has 19 heavy (non-hydrogen) atoms. The SMILES string of the molecule is CN(C)C(=O)NCCNc1ccc(N)c(CC#N)c1. The van der Waals surface area contributed by atoms with Crippen LogP contribution in [-0.2, 0) is 6.42 Å². The van der Waals surface area contributed by atoms with Crippen LogP contribution in [0.2, 0.25) is 0 Å². The molecule has 1 aromatic rings. The minimum atomic E-state index is -0.121. The highest BCUT2D eigenvalue weighted by Crippen LogP contribution is 2.17. The van der Waals surface area contributed by atoms with Gasteiger partial charge in [-0.1, -0.05) is 0 Å². The second kappa shape index (κ2) is 7.11. The van der Waals surface area contributed by atoms with Crippen molar-refractivity contribution in [3.05, 3.63) is 23.8 Å². The van der Waals surface area contributed by atoms with Crippen LogP contribution < -0.4 is 16.4 Å². The van der Waals surface area contributed by atoms with Crippen LogP contribution in [-0.4, -0.2) is 38.1 Å². The van der Waals surface area contributed by atoms with Gasteiger partial charge in [-0.15, -0.1) is 0 Å². The molecule has 1 rings (SSSR count). The zero-order chi connectivity index (χ0) is 14.3. The molecule has 0 spiro atoms. The molecule has 2 amide bonds. The van der Waals surface area contributed by atoms with Crippen LogP contribution in [0.5, 0.6) is 0 Å². The third kappa shape index (κ3) is 4.76. The number of nitrogens with two attached hydrogens (primary N) is 1. The minimum Gasteiger partial charge on any atom is -0.398 e. The second-order valence-corrected chi connectivity index (χ2v) is 4.30. The molecule has 0 bridgehead atoms. The van der Waals surface area contributed by atoms with Crippen LogP contribution >= 0.6 is 0 Å².